The Labute approximate surface area is 132 Å². The van der Waals surface area contributed by atoms with E-state index in [9.17, 15) is 9.18 Å². The van der Waals surface area contributed by atoms with E-state index in [1.165, 1.54) is 24.5 Å². The van der Waals surface area contributed by atoms with Gasteiger partial charge in [0, 0.05) is 13.1 Å². The molecule has 1 saturated heterocycles. The number of halogens is 1. The van der Waals surface area contributed by atoms with Crippen LogP contribution in [0.25, 0.3) is 0 Å². The van der Waals surface area contributed by atoms with E-state index in [0.29, 0.717) is 25.3 Å². The van der Waals surface area contributed by atoms with Gasteiger partial charge in [0.25, 0.3) is 0 Å². The SMILES string of the molecule is N#Cc1cnc(N[C@H]2CCN(Cc3ccc(F)cc3)C2=O)cn1. The molecule has 23 heavy (non-hydrogen) atoms. The number of amides is 1. The van der Waals surface area contributed by atoms with E-state index in [2.05, 4.69) is 15.3 Å². The van der Waals surface area contributed by atoms with E-state index in [4.69, 9.17) is 5.26 Å². The fourth-order valence-electron chi connectivity index (χ4n) is 2.48. The molecule has 1 aliphatic rings. The lowest BCUT2D eigenvalue weighted by Crippen LogP contribution is -2.33. The van der Waals surface area contributed by atoms with E-state index in [0.717, 1.165) is 5.56 Å². The van der Waals surface area contributed by atoms with Crippen molar-refractivity contribution in [2.75, 3.05) is 11.9 Å². The summed E-state index contributed by atoms with van der Waals surface area (Å²) in [4.78, 5) is 22.1. The highest BCUT2D eigenvalue weighted by Crippen LogP contribution is 2.18. The van der Waals surface area contributed by atoms with Gasteiger partial charge < -0.3 is 10.2 Å². The van der Waals surface area contributed by atoms with Gasteiger partial charge in [0.05, 0.1) is 12.4 Å². The third kappa shape index (κ3) is 3.43. The van der Waals surface area contributed by atoms with Crippen molar-refractivity contribution < 1.29 is 9.18 Å². The molecule has 116 valence electrons. The van der Waals surface area contributed by atoms with Crippen molar-refractivity contribution in [2.45, 2.75) is 19.0 Å². The number of rotatable bonds is 4. The zero-order valence-corrected chi connectivity index (χ0v) is 12.2. The van der Waals surface area contributed by atoms with E-state index in [1.54, 1.807) is 17.0 Å². The second-order valence-electron chi connectivity index (χ2n) is 5.27. The van der Waals surface area contributed by atoms with Gasteiger partial charge in [-0.15, -0.1) is 0 Å². The van der Waals surface area contributed by atoms with E-state index >= 15 is 0 Å². The second kappa shape index (κ2) is 6.40. The number of nitriles is 1. The molecule has 0 spiro atoms. The lowest BCUT2D eigenvalue weighted by molar-refractivity contribution is -0.128. The van der Waals surface area contributed by atoms with E-state index in [-0.39, 0.29) is 23.5 Å². The Morgan fingerprint density at radius 2 is 2.09 bits per heavy atom. The molecule has 1 atom stereocenters. The first-order valence-electron chi connectivity index (χ1n) is 7.17. The lowest BCUT2D eigenvalue weighted by atomic mass is 10.2. The van der Waals surface area contributed by atoms with Crippen LogP contribution in [-0.4, -0.2) is 33.4 Å². The zero-order chi connectivity index (χ0) is 16.2. The van der Waals surface area contributed by atoms with Crippen molar-refractivity contribution in [3.8, 4) is 6.07 Å². The van der Waals surface area contributed by atoms with Crippen LogP contribution in [0.3, 0.4) is 0 Å². The Morgan fingerprint density at radius 1 is 1.30 bits per heavy atom. The molecule has 3 rings (SSSR count). The molecule has 1 fully saturated rings. The lowest BCUT2D eigenvalue weighted by Gasteiger charge is -2.17. The minimum Gasteiger partial charge on any atom is -0.357 e. The monoisotopic (exact) mass is 311 g/mol. The molecule has 2 aromatic rings. The first-order chi connectivity index (χ1) is 11.2. The van der Waals surface area contributed by atoms with Crippen LogP contribution in [0.1, 0.15) is 17.7 Å². The highest BCUT2D eigenvalue weighted by atomic mass is 19.1. The molecule has 1 aromatic carbocycles. The molecule has 0 aliphatic carbocycles. The quantitative estimate of drug-likeness (QED) is 0.929. The normalized spacial score (nSPS) is 17.1. The Morgan fingerprint density at radius 3 is 2.74 bits per heavy atom. The van der Waals surface area contributed by atoms with Gasteiger partial charge in [0.15, 0.2) is 5.69 Å². The number of aromatic nitrogens is 2. The van der Waals surface area contributed by atoms with Gasteiger partial charge in [-0.1, -0.05) is 12.1 Å². The van der Waals surface area contributed by atoms with Gasteiger partial charge in [0.2, 0.25) is 5.91 Å². The Kier molecular flexibility index (Phi) is 4.15. The number of hydrogen-bond donors (Lipinski definition) is 1. The number of likely N-dealkylation sites (tertiary alicyclic amines) is 1. The molecular formula is C16H14FN5O. The number of nitrogens with zero attached hydrogens (tertiary/aromatic N) is 4. The van der Waals surface area contributed by atoms with Gasteiger partial charge in [-0.05, 0) is 24.1 Å². The van der Waals surface area contributed by atoms with Crippen LogP contribution in [0.2, 0.25) is 0 Å². The molecule has 0 saturated carbocycles. The van der Waals surface area contributed by atoms with Crippen molar-refractivity contribution in [1.82, 2.24) is 14.9 Å². The molecule has 1 aliphatic heterocycles. The summed E-state index contributed by atoms with van der Waals surface area (Å²) in [5.41, 5.74) is 1.12. The van der Waals surface area contributed by atoms with Gasteiger partial charge in [-0.25, -0.2) is 14.4 Å². The summed E-state index contributed by atoms with van der Waals surface area (Å²) in [6, 6.07) is 7.65. The molecule has 7 heteroatoms. The minimum atomic E-state index is -0.363. The van der Waals surface area contributed by atoms with Crippen LogP contribution in [0.4, 0.5) is 10.2 Å². The topological polar surface area (TPSA) is 81.9 Å². The summed E-state index contributed by atoms with van der Waals surface area (Å²) in [5.74, 6) is 0.145. The van der Waals surface area contributed by atoms with E-state index < -0.39 is 0 Å². The number of nitrogens with one attached hydrogen (secondary N) is 1. The molecule has 1 N–H and O–H groups in total. The van der Waals surface area contributed by atoms with Crippen LogP contribution in [0.15, 0.2) is 36.7 Å². The van der Waals surface area contributed by atoms with Crippen LogP contribution in [-0.2, 0) is 11.3 Å². The van der Waals surface area contributed by atoms with Crippen molar-refractivity contribution >= 4 is 11.7 Å². The van der Waals surface area contributed by atoms with Crippen molar-refractivity contribution in [1.29, 1.82) is 5.26 Å². The average Bonchev–Trinajstić information content (AvgIpc) is 2.91. The van der Waals surface area contributed by atoms with Crippen LogP contribution >= 0.6 is 0 Å². The first-order valence-corrected chi connectivity index (χ1v) is 7.17. The standard InChI is InChI=1S/C16H14FN5O/c17-12-3-1-11(2-4-12)10-22-6-5-14(16(22)23)21-15-9-19-13(7-18)8-20-15/h1-4,8-9,14H,5-6,10H2,(H,20,21)/t14-/m0/s1. The number of carbonyl (C=O) groups is 1. The average molecular weight is 311 g/mol. The highest BCUT2D eigenvalue weighted by molar-refractivity contribution is 5.86. The minimum absolute atomic E-state index is 0.0273. The summed E-state index contributed by atoms with van der Waals surface area (Å²) in [6.07, 6.45) is 3.45. The largest absolute Gasteiger partial charge is 0.357 e. The summed E-state index contributed by atoms with van der Waals surface area (Å²) in [7, 11) is 0. The molecule has 2 heterocycles. The van der Waals surface area contributed by atoms with Gasteiger partial charge in [-0.2, -0.15) is 5.26 Å². The zero-order valence-electron chi connectivity index (χ0n) is 12.2. The molecule has 0 radical (unpaired) electrons. The van der Waals surface area contributed by atoms with E-state index in [1.807, 2.05) is 6.07 Å². The molecule has 1 amide bonds. The fourth-order valence-corrected chi connectivity index (χ4v) is 2.48. The molecular weight excluding hydrogens is 297 g/mol. The Bertz CT molecular complexity index is 739. The van der Waals surface area contributed by atoms with Gasteiger partial charge in [0.1, 0.15) is 23.7 Å². The number of anilines is 1. The third-order valence-electron chi connectivity index (χ3n) is 3.67. The molecule has 1 aromatic heterocycles. The van der Waals surface area contributed by atoms with Crippen LogP contribution in [0.5, 0.6) is 0 Å². The predicted molar refractivity (Wildman–Crippen MR) is 80.6 cm³/mol. The van der Waals surface area contributed by atoms with Crippen molar-refractivity contribution in [3.05, 3.63) is 53.7 Å². The summed E-state index contributed by atoms with van der Waals surface area (Å²) >= 11 is 0. The third-order valence-corrected chi connectivity index (χ3v) is 3.67. The number of carbonyl (C=O) groups excluding carboxylic acids is 1. The highest BCUT2D eigenvalue weighted by Gasteiger charge is 2.31. The maximum Gasteiger partial charge on any atom is 0.245 e. The fraction of sp³-hybridized carbons (Fsp3) is 0.250. The number of hydrogen-bond acceptors (Lipinski definition) is 5. The first kappa shape index (κ1) is 14.9. The second-order valence-corrected chi connectivity index (χ2v) is 5.27. The predicted octanol–water partition coefficient (Wildman–Crippen LogP) is 1.70. The smallest absolute Gasteiger partial charge is 0.245 e. The molecule has 0 unspecified atom stereocenters. The van der Waals surface area contributed by atoms with Crippen LogP contribution in [0, 0.1) is 17.1 Å². The summed E-state index contributed by atoms with van der Waals surface area (Å²) in [6.45, 7) is 1.08. The van der Waals surface area contributed by atoms with Gasteiger partial charge >= 0.3 is 0 Å². The Hall–Kier alpha value is -3.01. The van der Waals surface area contributed by atoms with Crippen molar-refractivity contribution in [2.24, 2.45) is 0 Å². The Balaban J connectivity index is 1.61. The summed E-state index contributed by atoms with van der Waals surface area (Å²) in [5, 5.41) is 11.7. The summed E-state index contributed by atoms with van der Waals surface area (Å²) < 4.78 is 12.9. The van der Waals surface area contributed by atoms with Crippen molar-refractivity contribution in [3.63, 3.8) is 0 Å². The molecule has 0 bridgehead atoms. The van der Waals surface area contributed by atoms with Crippen LogP contribution < -0.4 is 5.32 Å². The number of benzene rings is 1. The maximum absolute atomic E-state index is 12.9. The van der Waals surface area contributed by atoms with Gasteiger partial charge in [-0.3, -0.25) is 4.79 Å². The maximum atomic E-state index is 12.9. The molecule has 6 nitrogen and oxygen atoms in total.